The van der Waals surface area contributed by atoms with E-state index in [-0.39, 0.29) is 0 Å². The molecule has 5 rings (SSSR count). The molecule has 0 saturated carbocycles. The summed E-state index contributed by atoms with van der Waals surface area (Å²) in [6.45, 7) is 7.13. The molecule has 0 amide bonds. The number of unbranched alkanes of at least 4 members (excludes halogenated alkanes) is 2. The maximum atomic E-state index is 6.00. The minimum absolute atomic E-state index is 0.329. The van der Waals surface area contributed by atoms with Crippen LogP contribution in [0, 0.1) is 0 Å². The number of ether oxygens (including phenoxy) is 1. The molecule has 0 unspecified atom stereocenters. The van der Waals surface area contributed by atoms with Gasteiger partial charge in [0, 0.05) is 39.3 Å². The van der Waals surface area contributed by atoms with Crippen LogP contribution in [0.2, 0.25) is 0 Å². The SMILES string of the molecule is c1ccc(C(c2ccccc2)N2CCN(CCOCCCCCc3ccc4ccccc4c3)CC2)cc1. The molecule has 0 N–H and O–H groups in total. The van der Waals surface area contributed by atoms with Gasteiger partial charge in [-0.15, -0.1) is 0 Å². The minimum atomic E-state index is 0.329. The first kappa shape index (κ1) is 25.7. The van der Waals surface area contributed by atoms with Crippen LogP contribution in [0.3, 0.4) is 0 Å². The molecule has 1 aliphatic rings. The topological polar surface area (TPSA) is 15.7 Å². The van der Waals surface area contributed by atoms with E-state index in [9.17, 15) is 0 Å². The smallest absolute Gasteiger partial charge is 0.0602 e. The highest BCUT2D eigenvalue weighted by atomic mass is 16.5. The summed E-state index contributed by atoms with van der Waals surface area (Å²) in [5.41, 5.74) is 4.21. The van der Waals surface area contributed by atoms with E-state index in [1.807, 2.05) is 0 Å². The summed E-state index contributed by atoms with van der Waals surface area (Å²) >= 11 is 0. The highest BCUT2D eigenvalue weighted by Gasteiger charge is 2.26. The number of piperazine rings is 1. The average molecular weight is 493 g/mol. The van der Waals surface area contributed by atoms with Crippen molar-refractivity contribution in [2.24, 2.45) is 0 Å². The molecule has 192 valence electrons. The van der Waals surface area contributed by atoms with Gasteiger partial charge in [-0.3, -0.25) is 9.80 Å². The van der Waals surface area contributed by atoms with Gasteiger partial charge in [0.1, 0.15) is 0 Å². The van der Waals surface area contributed by atoms with E-state index in [2.05, 4.69) is 113 Å². The molecule has 0 aromatic heterocycles. The van der Waals surface area contributed by atoms with Crippen LogP contribution in [0.5, 0.6) is 0 Å². The third-order valence-corrected chi connectivity index (χ3v) is 7.62. The molecule has 0 radical (unpaired) electrons. The second-order valence-corrected chi connectivity index (χ2v) is 10.2. The summed E-state index contributed by atoms with van der Waals surface area (Å²) in [5.74, 6) is 0. The molecule has 1 heterocycles. The fourth-order valence-electron chi connectivity index (χ4n) is 5.53. The number of hydrogen-bond acceptors (Lipinski definition) is 3. The van der Waals surface area contributed by atoms with Crippen LogP contribution >= 0.6 is 0 Å². The summed E-state index contributed by atoms with van der Waals surface area (Å²) in [6, 6.07) is 37.7. The lowest BCUT2D eigenvalue weighted by Gasteiger charge is -2.39. The first-order valence-electron chi connectivity index (χ1n) is 14.0. The third-order valence-electron chi connectivity index (χ3n) is 7.62. The zero-order chi connectivity index (χ0) is 25.1. The Morgan fingerprint density at radius 3 is 1.95 bits per heavy atom. The van der Waals surface area contributed by atoms with Gasteiger partial charge in [-0.2, -0.15) is 0 Å². The van der Waals surface area contributed by atoms with Crippen LogP contribution in [0.1, 0.15) is 42.0 Å². The van der Waals surface area contributed by atoms with Gasteiger partial charge in [0.25, 0.3) is 0 Å². The van der Waals surface area contributed by atoms with Crippen molar-refractivity contribution in [3.8, 4) is 0 Å². The molecule has 1 saturated heterocycles. The molecule has 4 aromatic rings. The third kappa shape index (κ3) is 7.29. The van der Waals surface area contributed by atoms with E-state index in [0.717, 1.165) is 58.8 Å². The number of rotatable bonds is 12. The molecular weight excluding hydrogens is 452 g/mol. The van der Waals surface area contributed by atoms with E-state index >= 15 is 0 Å². The number of hydrogen-bond donors (Lipinski definition) is 0. The lowest BCUT2D eigenvalue weighted by Crippen LogP contribution is -2.48. The Bertz CT molecular complexity index is 1160. The predicted molar refractivity (Wildman–Crippen MR) is 155 cm³/mol. The summed E-state index contributed by atoms with van der Waals surface area (Å²) in [4.78, 5) is 5.20. The van der Waals surface area contributed by atoms with Crippen molar-refractivity contribution in [3.63, 3.8) is 0 Å². The lowest BCUT2D eigenvalue weighted by molar-refractivity contribution is 0.0655. The van der Waals surface area contributed by atoms with Crippen molar-refractivity contribution in [2.45, 2.75) is 31.7 Å². The Kier molecular flexibility index (Phi) is 9.38. The van der Waals surface area contributed by atoms with Crippen molar-refractivity contribution in [3.05, 3.63) is 120 Å². The number of benzene rings is 4. The molecule has 4 aromatic carbocycles. The molecule has 0 spiro atoms. The van der Waals surface area contributed by atoms with E-state index in [1.165, 1.54) is 40.3 Å². The van der Waals surface area contributed by atoms with Crippen LogP contribution in [0.25, 0.3) is 10.8 Å². The van der Waals surface area contributed by atoms with Crippen molar-refractivity contribution in [1.29, 1.82) is 0 Å². The molecule has 0 bridgehead atoms. The Balaban J connectivity index is 0.978. The maximum absolute atomic E-state index is 6.00. The number of nitrogens with zero attached hydrogens (tertiary/aromatic N) is 2. The van der Waals surface area contributed by atoms with E-state index < -0.39 is 0 Å². The van der Waals surface area contributed by atoms with Gasteiger partial charge >= 0.3 is 0 Å². The van der Waals surface area contributed by atoms with Crippen LogP contribution in [-0.4, -0.2) is 55.7 Å². The fraction of sp³-hybridized carbons (Fsp3) is 0.353. The Morgan fingerprint density at radius 2 is 1.24 bits per heavy atom. The minimum Gasteiger partial charge on any atom is -0.380 e. The summed E-state index contributed by atoms with van der Waals surface area (Å²) in [5, 5.41) is 2.67. The molecular formula is C34H40N2O. The molecule has 1 aliphatic heterocycles. The standard InChI is InChI=1S/C34H40N2O/c1-5-14-31(15-6-1)34(32-16-7-2-8-17-32)36-23-21-35(22-24-36)25-27-37-26-11-3-4-12-29-19-20-30-13-9-10-18-33(30)28-29/h1-2,5-10,13-20,28,34H,3-4,11-12,21-27H2. The van der Waals surface area contributed by atoms with Crippen molar-refractivity contribution in [1.82, 2.24) is 9.80 Å². The highest BCUT2D eigenvalue weighted by molar-refractivity contribution is 5.82. The highest BCUT2D eigenvalue weighted by Crippen LogP contribution is 2.29. The van der Waals surface area contributed by atoms with Gasteiger partial charge in [0.15, 0.2) is 0 Å². The van der Waals surface area contributed by atoms with Crippen LogP contribution in [0.4, 0.5) is 0 Å². The molecule has 3 heteroatoms. The van der Waals surface area contributed by atoms with Crippen molar-refractivity contribution < 1.29 is 4.74 Å². The second-order valence-electron chi connectivity index (χ2n) is 10.2. The van der Waals surface area contributed by atoms with Crippen molar-refractivity contribution in [2.75, 3.05) is 45.9 Å². The summed E-state index contributed by atoms with van der Waals surface area (Å²) < 4.78 is 6.00. The zero-order valence-corrected chi connectivity index (χ0v) is 22.0. The Morgan fingerprint density at radius 1 is 0.595 bits per heavy atom. The average Bonchev–Trinajstić information content (AvgIpc) is 2.96. The largest absolute Gasteiger partial charge is 0.380 e. The van der Waals surface area contributed by atoms with E-state index in [1.54, 1.807) is 0 Å². The van der Waals surface area contributed by atoms with Gasteiger partial charge in [-0.25, -0.2) is 0 Å². The van der Waals surface area contributed by atoms with Gasteiger partial charge in [0.05, 0.1) is 12.6 Å². The normalized spacial score (nSPS) is 14.9. The summed E-state index contributed by atoms with van der Waals surface area (Å²) in [7, 11) is 0. The molecule has 0 atom stereocenters. The first-order valence-corrected chi connectivity index (χ1v) is 14.0. The molecule has 0 aliphatic carbocycles. The first-order chi connectivity index (χ1) is 18.4. The van der Waals surface area contributed by atoms with Gasteiger partial charge in [-0.1, -0.05) is 110 Å². The lowest BCUT2D eigenvalue weighted by atomic mass is 9.96. The van der Waals surface area contributed by atoms with E-state index in [0.29, 0.717) is 6.04 Å². The fourth-order valence-corrected chi connectivity index (χ4v) is 5.53. The molecule has 1 fully saturated rings. The Hall–Kier alpha value is -2.98. The quantitative estimate of drug-likeness (QED) is 0.199. The molecule has 37 heavy (non-hydrogen) atoms. The monoisotopic (exact) mass is 492 g/mol. The molecule has 3 nitrogen and oxygen atoms in total. The Labute approximate surface area is 222 Å². The van der Waals surface area contributed by atoms with Crippen LogP contribution < -0.4 is 0 Å². The van der Waals surface area contributed by atoms with Gasteiger partial charge in [0.2, 0.25) is 0 Å². The van der Waals surface area contributed by atoms with Gasteiger partial charge < -0.3 is 4.74 Å². The predicted octanol–water partition coefficient (Wildman–Crippen LogP) is 6.98. The van der Waals surface area contributed by atoms with Crippen molar-refractivity contribution >= 4 is 10.8 Å². The number of fused-ring (bicyclic) bond motifs is 1. The van der Waals surface area contributed by atoms with Gasteiger partial charge in [-0.05, 0) is 46.7 Å². The van der Waals surface area contributed by atoms with E-state index in [4.69, 9.17) is 4.74 Å². The van der Waals surface area contributed by atoms with Crippen LogP contribution in [-0.2, 0) is 11.2 Å². The number of aryl methyl sites for hydroxylation is 1. The second kappa shape index (κ2) is 13.5. The maximum Gasteiger partial charge on any atom is 0.0602 e. The summed E-state index contributed by atoms with van der Waals surface area (Å²) in [6.07, 6.45) is 4.76. The van der Waals surface area contributed by atoms with Crippen LogP contribution in [0.15, 0.2) is 103 Å². The zero-order valence-electron chi connectivity index (χ0n) is 22.0.